The van der Waals surface area contributed by atoms with E-state index in [1.54, 1.807) is 0 Å². The Kier molecular flexibility index (Phi) is 2.04. The molecule has 1 fully saturated rings. The molecule has 0 heterocycles. The van der Waals surface area contributed by atoms with Gasteiger partial charge in [0.25, 0.3) is 0 Å². The fourth-order valence-electron chi connectivity index (χ4n) is 1.83. The molecule has 0 spiro atoms. The van der Waals surface area contributed by atoms with E-state index in [9.17, 15) is 0 Å². The van der Waals surface area contributed by atoms with Gasteiger partial charge in [-0.3, -0.25) is 4.90 Å². The maximum Gasteiger partial charge on any atom is 0.0183 e. The van der Waals surface area contributed by atoms with Gasteiger partial charge in [0, 0.05) is 11.1 Å². The Morgan fingerprint density at radius 3 is 1.73 bits per heavy atom. The molecule has 0 atom stereocenters. The minimum atomic E-state index is 0.329. The van der Waals surface area contributed by atoms with Crippen LogP contribution < -0.4 is 0 Å². The van der Waals surface area contributed by atoms with Crippen molar-refractivity contribution in [2.75, 3.05) is 7.05 Å². The maximum absolute atomic E-state index is 2.52. The molecule has 1 aliphatic rings. The molecule has 1 nitrogen and oxygen atoms in total. The van der Waals surface area contributed by atoms with Crippen LogP contribution >= 0.6 is 0 Å². The summed E-state index contributed by atoms with van der Waals surface area (Å²) >= 11 is 0. The number of hydrogen-bond donors (Lipinski definition) is 0. The lowest BCUT2D eigenvalue weighted by molar-refractivity contribution is -0.0108. The fraction of sp³-hybridized carbons (Fsp3) is 1.00. The summed E-state index contributed by atoms with van der Waals surface area (Å²) in [5, 5.41) is 0. The molecule has 0 aliphatic heterocycles. The molecule has 0 aromatic carbocycles. The van der Waals surface area contributed by atoms with Gasteiger partial charge in [0.1, 0.15) is 0 Å². The van der Waals surface area contributed by atoms with E-state index in [2.05, 4.69) is 39.6 Å². The highest BCUT2D eigenvalue weighted by molar-refractivity contribution is 4.96. The maximum atomic E-state index is 2.52. The third-order valence-corrected chi connectivity index (χ3v) is 3.25. The lowest BCUT2D eigenvalue weighted by atomic mass is 9.75. The van der Waals surface area contributed by atoms with Crippen LogP contribution in [0.15, 0.2) is 0 Å². The minimum absolute atomic E-state index is 0.329. The van der Waals surface area contributed by atoms with Crippen LogP contribution in [0.3, 0.4) is 0 Å². The van der Waals surface area contributed by atoms with Crippen LogP contribution in [0.25, 0.3) is 0 Å². The van der Waals surface area contributed by atoms with Gasteiger partial charge in [0.2, 0.25) is 0 Å². The monoisotopic (exact) mass is 155 g/mol. The molecule has 0 radical (unpaired) electrons. The Bertz CT molecular complexity index is 139. The van der Waals surface area contributed by atoms with Crippen molar-refractivity contribution in [1.29, 1.82) is 0 Å². The van der Waals surface area contributed by atoms with E-state index in [-0.39, 0.29) is 0 Å². The first kappa shape index (κ1) is 9.05. The molecule has 1 aliphatic carbocycles. The number of hydrogen-bond acceptors (Lipinski definition) is 1. The Morgan fingerprint density at radius 2 is 1.64 bits per heavy atom. The second kappa shape index (κ2) is 2.48. The van der Waals surface area contributed by atoms with Crippen LogP contribution in [-0.2, 0) is 0 Å². The highest BCUT2D eigenvalue weighted by atomic mass is 15.2. The summed E-state index contributed by atoms with van der Waals surface area (Å²) in [5.41, 5.74) is 0.827. The van der Waals surface area contributed by atoms with E-state index < -0.39 is 0 Å². The van der Waals surface area contributed by atoms with Crippen LogP contribution in [0, 0.1) is 0 Å². The summed E-state index contributed by atoms with van der Waals surface area (Å²) in [7, 11) is 2.25. The molecule has 0 aromatic rings. The molecule has 0 N–H and O–H groups in total. The molecule has 66 valence electrons. The predicted molar refractivity (Wildman–Crippen MR) is 49.8 cm³/mol. The van der Waals surface area contributed by atoms with Crippen molar-refractivity contribution in [3.05, 3.63) is 0 Å². The summed E-state index contributed by atoms with van der Waals surface area (Å²) in [6.07, 6.45) is 4.17. The quantitative estimate of drug-likeness (QED) is 0.562. The normalized spacial score (nSPS) is 23.5. The second-order valence-corrected chi connectivity index (χ2v) is 5.08. The molecular weight excluding hydrogens is 134 g/mol. The van der Waals surface area contributed by atoms with Crippen LogP contribution in [-0.4, -0.2) is 23.0 Å². The lowest BCUT2D eigenvalue weighted by Gasteiger charge is -2.52. The van der Waals surface area contributed by atoms with Crippen molar-refractivity contribution in [3.63, 3.8) is 0 Å². The second-order valence-electron chi connectivity index (χ2n) is 5.08. The third-order valence-electron chi connectivity index (χ3n) is 3.25. The standard InChI is InChI=1S/C10H21N/c1-9(2,3)11(5)10(4)7-6-8-10/h6-8H2,1-5H3. The Hall–Kier alpha value is -0.0400. The SMILES string of the molecule is CN(C(C)(C)C)C1(C)CCC1. The van der Waals surface area contributed by atoms with Gasteiger partial charge < -0.3 is 0 Å². The van der Waals surface area contributed by atoms with Crippen LogP contribution in [0.2, 0.25) is 0 Å². The van der Waals surface area contributed by atoms with Crippen LogP contribution in [0.4, 0.5) is 0 Å². The van der Waals surface area contributed by atoms with Gasteiger partial charge >= 0.3 is 0 Å². The van der Waals surface area contributed by atoms with Crippen LogP contribution in [0.1, 0.15) is 47.0 Å². The zero-order chi connectivity index (χ0) is 8.70. The van der Waals surface area contributed by atoms with E-state index in [4.69, 9.17) is 0 Å². The van der Waals surface area contributed by atoms with Gasteiger partial charge in [-0.25, -0.2) is 0 Å². The largest absolute Gasteiger partial charge is 0.296 e. The van der Waals surface area contributed by atoms with Crippen molar-refractivity contribution in [2.24, 2.45) is 0 Å². The molecule has 0 amide bonds. The highest BCUT2D eigenvalue weighted by Crippen LogP contribution is 2.39. The Labute approximate surface area is 70.8 Å². The van der Waals surface area contributed by atoms with Gasteiger partial charge in [-0.15, -0.1) is 0 Å². The molecule has 1 rings (SSSR count). The number of rotatable bonds is 1. The first-order chi connectivity index (χ1) is 4.86. The van der Waals surface area contributed by atoms with E-state index >= 15 is 0 Å². The molecule has 0 bridgehead atoms. The topological polar surface area (TPSA) is 3.24 Å². The Balaban J connectivity index is 2.60. The van der Waals surface area contributed by atoms with Crippen molar-refractivity contribution in [2.45, 2.75) is 58.0 Å². The highest BCUT2D eigenvalue weighted by Gasteiger charge is 2.40. The van der Waals surface area contributed by atoms with Gasteiger partial charge in [-0.1, -0.05) is 0 Å². The minimum Gasteiger partial charge on any atom is -0.296 e. The van der Waals surface area contributed by atoms with E-state index in [0.717, 1.165) is 0 Å². The van der Waals surface area contributed by atoms with E-state index in [0.29, 0.717) is 11.1 Å². The molecule has 0 aromatic heterocycles. The summed E-state index contributed by atoms with van der Waals surface area (Å²) < 4.78 is 0. The van der Waals surface area contributed by atoms with Crippen molar-refractivity contribution < 1.29 is 0 Å². The van der Waals surface area contributed by atoms with Crippen LogP contribution in [0.5, 0.6) is 0 Å². The van der Waals surface area contributed by atoms with Crippen molar-refractivity contribution in [3.8, 4) is 0 Å². The molecule has 1 heteroatoms. The zero-order valence-electron chi connectivity index (χ0n) is 8.57. The predicted octanol–water partition coefficient (Wildman–Crippen LogP) is 2.66. The smallest absolute Gasteiger partial charge is 0.0183 e. The third kappa shape index (κ3) is 1.58. The number of nitrogens with zero attached hydrogens (tertiary/aromatic N) is 1. The zero-order valence-corrected chi connectivity index (χ0v) is 8.57. The van der Waals surface area contributed by atoms with Gasteiger partial charge in [-0.05, 0) is 54.0 Å². The van der Waals surface area contributed by atoms with Gasteiger partial charge in [0.05, 0.1) is 0 Å². The van der Waals surface area contributed by atoms with E-state index in [1.807, 2.05) is 0 Å². The van der Waals surface area contributed by atoms with Crippen molar-refractivity contribution in [1.82, 2.24) is 4.90 Å². The summed E-state index contributed by atoms with van der Waals surface area (Å²) in [4.78, 5) is 2.52. The summed E-state index contributed by atoms with van der Waals surface area (Å²) in [6.45, 7) is 9.24. The molecular formula is C10H21N. The molecule has 0 unspecified atom stereocenters. The van der Waals surface area contributed by atoms with E-state index in [1.165, 1.54) is 19.3 Å². The fourth-order valence-corrected chi connectivity index (χ4v) is 1.83. The first-order valence-corrected chi connectivity index (χ1v) is 4.60. The summed E-state index contributed by atoms with van der Waals surface area (Å²) in [5.74, 6) is 0. The average molecular weight is 155 g/mol. The summed E-state index contributed by atoms with van der Waals surface area (Å²) in [6, 6.07) is 0. The lowest BCUT2D eigenvalue weighted by Crippen LogP contribution is -2.56. The molecule has 0 saturated heterocycles. The Morgan fingerprint density at radius 1 is 1.18 bits per heavy atom. The van der Waals surface area contributed by atoms with Crippen molar-refractivity contribution >= 4 is 0 Å². The first-order valence-electron chi connectivity index (χ1n) is 4.60. The molecule has 11 heavy (non-hydrogen) atoms. The van der Waals surface area contributed by atoms with Gasteiger partial charge in [0.15, 0.2) is 0 Å². The average Bonchev–Trinajstić information content (AvgIpc) is 1.79. The molecule has 1 saturated carbocycles. The van der Waals surface area contributed by atoms with Gasteiger partial charge in [-0.2, -0.15) is 0 Å².